The zero-order valence-corrected chi connectivity index (χ0v) is 11.1. The molecule has 94 valence electrons. The molecule has 0 amide bonds. The summed E-state index contributed by atoms with van der Waals surface area (Å²) in [5, 5.41) is 0.744. The van der Waals surface area contributed by atoms with Crippen LogP contribution in [0.3, 0.4) is 0 Å². The molecule has 2 heteroatoms. The van der Waals surface area contributed by atoms with Gasteiger partial charge in [0.2, 0.25) is 0 Å². The Morgan fingerprint density at radius 3 is 1.94 bits per heavy atom. The highest BCUT2D eigenvalue weighted by atomic mass is 35.5. The van der Waals surface area contributed by atoms with Crippen molar-refractivity contribution in [3.63, 3.8) is 0 Å². The Balaban J connectivity index is 2.33. The zero-order chi connectivity index (χ0) is 13.0. The van der Waals surface area contributed by atoms with Crippen LogP contribution in [-0.2, 0) is 0 Å². The monoisotopic (exact) mass is 262 g/mol. The first kappa shape index (κ1) is 13.1. The second kappa shape index (κ2) is 6.01. The highest BCUT2D eigenvalue weighted by Gasteiger charge is 2.13. The van der Waals surface area contributed by atoms with Crippen molar-refractivity contribution in [2.45, 2.75) is 25.7 Å². The summed E-state index contributed by atoms with van der Waals surface area (Å²) in [4.78, 5) is 0. The van der Waals surface area contributed by atoms with Crippen LogP contribution < -0.4 is 0 Å². The standard InChI is InChI=1S/C16H16ClF/c1-2-3-16(12-4-8-14(17)9-5-12)13-6-10-15(18)11-7-13/h4-11,16H,2-3H2,1H3. The highest BCUT2D eigenvalue weighted by Crippen LogP contribution is 2.30. The minimum atomic E-state index is -0.190. The summed E-state index contributed by atoms with van der Waals surface area (Å²) >= 11 is 5.91. The SMILES string of the molecule is CCCC(c1ccc(F)cc1)c1ccc(Cl)cc1. The molecule has 0 aliphatic rings. The predicted molar refractivity (Wildman–Crippen MR) is 74.6 cm³/mol. The molecule has 0 bridgehead atoms. The maximum absolute atomic E-state index is 13.0. The lowest BCUT2D eigenvalue weighted by molar-refractivity contribution is 0.624. The average Bonchev–Trinajstić information content (AvgIpc) is 2.39. The van der Waals surface area contributed by atoms with Gasteiger partial charge in [-0.1, -0.05) is 49.2 Å². The molecule has 2 aromatic carbocycles. The molecule has 0 N–H and O–H groups in total. The topological polar surface area (TPSA) is 0 Å². The Morgan fingerprint density at radius 2 is 1.44 bits per heavy atom. The summed E-state index contributed by atoms with van der Waals surface area (Å²) in [6.45, 7) is 2.16. The van der Waals surface area contributed by atoms with E-state index in [0.29, 0.717) is 5.92 Å². The van der Waals surface area contributed by atoms with Gasteiger partial charge in [-0.05, 0) is 41.8 Å². The van der Waals surface area contributed by atoms with Crippen LogP contribution in [0.1, 0.15) is 36.8 Å². The van der Waals surface area contributed by atoms with E-state index < -0.39 is 0 Å². The van der Waals surface area contributed by atoms with Crippen LogP contribution in [0.15, 0.2) is 48.5 Å². The summed E-state index contributed by atoms with van der Waals surface area (Å²) in [5.74, 6) is 0.123. The maximum Gasteiger partial charge on any atom is 0.123 e. The van der Waals surface area contributed by atoms with E-state index in [1.165, 1.54) is 17.7 Å². The summed E-state index contributed by atoms with van der Waals surface area (Å²) in [5.41, 5.74) is 2.38. The summed E-state index contributed by atoms with van der Waals surface area (Å²) < 4.78 is 13.0. The van der Waals surface area contributed by atoms with E-state index in [4.69, 9.17) is 11.6 Å². The summed E-state index contributed by atoms with van der Waals surface area (Å²) in [7, 11) is 0. The van der Waals surface area contributed by atoms with Crippen molar-refractivity contribution in [2.75, 3.05) is 0 Å². The number of halogens is 2. The van der Waals surface area contributed by atoms with Gasteiger partial charge in [0.25, 0.3) is 0 Å². The Morgan fingerprint density at radius 1 is 0.944 bits per heavy atom. The fourth-order valence-electron chi connectivity index (χ4n) is 2.20. The van der Waals surface area contributed by atoms with E-state index in [-0.39, 0.29) is 5.82 Å². The zero-order valence-electron chi connectivity index (χ0n) is 10.4. The molecule has 0 radical (unpaired) electrons. The smallest absolute Gasteiger partial charge is 0.123 e. The van der Waals surface area contributed by atoms with Crippen LogP contribution in [0.2, 0.25) is 5.02 Å². The van der Waals surface area contributed by atoms with E-state index in [0.717, 1.165) is 23.4 Å². The Bertz CT molecular complexity index is 442. The molecule has 0 spiro atoms. The first-order valence-corrected chi connectivity index (χ1v) is 6.59. The normalized spacial score (nSPS) is 12.4. The van der Waals surface area contributed by atoms with Crippen LogP contribution in [-0.4, -0.2) is 0 Å². The third kappa shape index (κ3) is 3.11. The van der Waals surface area contributed by atoms with E-state index in [2.05, 4.69) is 6.92 Å². The van der Waals surface area contributed by atoms with E-state index in [1.807, 2.05) is 36.4 Å². The molecule has 0 saturated carbocycles. The molecular formula is C16H16ClF. The van der Waals surface area contributed by atoms with E-state index >= 15 is 0 Å². The van der Waals surface area contributed by atoms with Crippen molar-refractivity contribution >= 4 is 11.6 Å². The van der Waals surface area contributed by atoms with Crippen molar-refractivity contribution in [2.24, 2.45) is 0 Å². The van der Waals surface area contributed by atoms with Gasteiger partial charge in [0.15, 0.2) is 0 Å². The van der Waals surface area contributed by atoms with Gasteiger partial charge in [-0.2, -0.15) is 0 Å². The highest BCUT2D eigenvalue weighted by molar-refractivity contribution is 6.30. The van der Waals surface area contributed by atoms with Gasteiger partial charge in [0.05, 0.1) is 0 Å². The number of rotatable bonds is 4. The van der Waals surface area contributed by atoms with E-state index in [9.17, 15) is 4.39 Å². The van der Waals surface area contributed by atoms with Gasteiger partial charge in [-0.25, -0.2) is 4.39 Å². The molecule has 2 rings (SSSR count). The fraction of sp³-hybridized carbons (Fsp3) is 0.250. The minimum absolute atomic E-state index is 0.190. The molecule has 0 aromatic heterocycles. The predicted octanol–water partition coefficient (Wildman–Crippen LogP) is 5.41. The molecule has 0 saturated heterocycles. The van der Waals surface area contributed by atoms with Crippen LogP contribution in [0.4, 0.5) is 4.39 Å². The quantitative estimate of drug-likeness (QED) is 0.691. The average molecular weight is 263 g/mol. The molecule has 2 aromatic rings. The molecule has 0 fully saturated rings. The number of hydrogen-bond acceptors (Lipinski definition) is 0. The second-order valence-corrected chi connectivity index (χ2v) is 4.88. The second-order valence-electron chi connectivity index (χ2n) is 4.44. The first-order valence-electron chi connectivity index (χ1n) is 6.21. The van der Waals surface area contributed by atoms with Crippen LogP contribution in [0.5, 0.6) is 0 Å². The first-order chi connectivity index (χ1) is 8.70. The van der Waals surface area contributed by atoms with Gasteiger partial charge in [-0.3, -0.25) is 0 Å². The van der Waals surface area contributed by atoms with Gasteiger partial charge in [-0.15, -0.1) is 0 Å². The van der Waals surface area contributed by atoms with Gasteiger partial charge >= 0.3 is 0 Å². The molecule has 18 heavy (non-hydrogen) atoms. The summed E-state index contributed by atoms with van der Waals surface area (Å²) in [6, 6.07) is 14.7. The Kier molecular flexibility index (Phi) is 4.38. The molecule has 0 heterocycles. The number of benzene rings is 2. The Hall–Kier alpha value is -1.34. The maximum atomic E-state index is 13.0. The van der Waals surface area contributed by atoms with Crippen molar-refractivity contribution in [1.29, 1.82) is 0 Å². The lowest BCUT2D eigenvalue weighted by Crippen LogP contribution is -2.00. The number of hydrogen-bond donors (Lipinski definition) is 0. The van der Waals surface area contributed by atoms with Gasteiger partial charge in [0, 0.05) is 10.9 Å². The van der Waals surface area contributed by atoms with E-state index in [1.54, 1.807) is 0 Å². The molecule has 0 nitrogen and oxygen atoms in total. The molecular weight excluding hydrogens is 247 g/mol. The van der Waals surface area contributed by atoms with Crippen molar-refractivity contribution in [3.8, 4) is 0 Å². The summed E-state index contributed by atoms with van der Waals surface area (Å²) in [6.07, 6.45) is 2.14. The van der Waals surface area contributed by atoms with Gasteiger partial charge in [0.1, 0.15) is 5.82 Å². The van der Waals surface area contributed by atoms with Crippen LogP contribution in [0.25, 0.3) is 0 Å². The van der Waals surface area contributed by atoms with Gasteiger partial charge < -0.3 is 0 Å². The lowest BCUT2D eigenvalue weighted by Gasteiger charge is -2.17. The van der Waals surface area contributed by atoms with Crippen LogP contribution >= 0.6 is 11.6 Å². The molecule has 0 aliphatic carbocycles. The van der Waals surface area contributed by atoms with Crippen LogP contribution in [0, 0.1) is 5.82 Å². The van der Waals surface area contributed by atoms with Crippen molar-refractivity contribution < 1.29 is 4.39 Å². The largest absolute Gasteiger partial charge is 0.207 e. The third-order valence-electron chi connectivity index (χ3n) is 3.12. The third-order valence-corrected chi connectivity index (χ3v) is 3.37. The minimum Gasteiger partial charge on any atom is -0.207 e. The Labute approximate surface area is 112 Å². The molecule has 1 unspecified atom stereocenters. The lowest BCUT2D eigenvalue weighted by atomic mass is 9.88. The molecule has 1 atom stereocenters. The molecule has 0 aliphatic heterocycles. The van der Waals surface area contributed by atoms with Crippen molar-refractivity contribution in [1.82, 2.24) is 0 Å². The van der Waals surface area contributed by atoms with Crippen molar-refractivity contribution in [3.05, 3.63) is 70.5 Å². The fourth-order valence-corrected chi connectivity index (χ4v) is 2.33.